The Morgan fingerprint density at radius 3 is 2.57 bits per heavy atom. The molecule has 0 radical (unpaired) electrons. The van der Waals surface area contributed by atoms with E-state index in [2.05, 4.69) is 15.9 Å². The number of benzene rings is 2. The van der Waals surface area contributed by atoms with E-state index in [-0.39, 0.29) is 5.91 Å². The highest BCUT2D eigenvalue weighted by Crippen LogP contribution is 2.28. The number of aryl methyl sites for hydroxylation is 1. The van der Waals surface area contributed by atoms with Crippen LogP contribution in [0.2, 0.25) is 0 Å². The molecule has 0 saturated carbocycles. The molecule has 0 aliphatic heterocycles. The fourth-order valence-corrected chi connectivity index (χ4v) is 2.47. The third-order valence-corrected chi connectivity index (χ3v) is 3.80. The first-order valence-electron chi connectivity index (χ1n) is 6.41. The third-order valence-electron chi connectivity index (χ3n) is 3.31. The molecule has 5 heteroatoms. The summed E-state index contributed by atoms with van der Waals surface area (Å²) in [5, 5.41) is 0. The average Bonchev–Trinajstić information content (AvgIpc) is 2.46. The molecular weight excluding hydrogens is 332 g/mol. The summed E-state index contributed by atoms with van der Waals surface area (Å²) < 4.78 is 6.14. The van der Waals surface area contributed by atoms with Gasteiger partial charge in [0.1, 0.15) is 5.75 Å². The lowest BCUT2D eigenvalue weighted by Crippen LogP contribution is -2.27. The molecule has 2 aromatic rings. The second kappa shape index (κ2) is 6.18. The molecule has 1 amide bonds. The van der Waals surface area contributed by atoms with Crippen molar-refractivity contribution in [3.63, 3.8) is 0 Å². The van der Waals surface area contributed by atoms with Crippen molar-refractivity contribution in [1.29, 1.82) is 0 Å². The van der Waals surface area contributed by atoms with Gasteiger partial charge in [-0.15, -0.1) is 0 Å². The quantitative estimate of drug-likeness (QED) is 0.861. The topological polar surface area (TPSA) is 55.6 Å². The molecule has 2 N–H and O–H groups in total. The normalized spacial score (nSPS) is 10.3. The molecule has 0 bridgehead atoms. The predicted molar refractivity (Wildman–Crippen MR) is 89.0 cm³/mol. The molecule has 0 saturated heterocycles. The summed E-state index contributed by atoms with van der Waals surface area (Å²) in [4.78, 5) is 14.1. The van der Waals surface area contributed by atoms with Gasteiger partial charge in [0, 0.05) is 17.1 Å². The van der Waals surface area contributed by atoms with E-state index in [0.29, 0.717) is 22.7 Å². The van der Waals surface area contributed by atoms with E-state index in [1.807, 2.05) is 25.1 Å². The van der Waals surface area contributed by atoms with E-state index < -0.39 is 0 Å². The number of ether oxygens (including phenoxy) is 1. The van der Waals surface area contributed by atoms with Crippen molar-refractivity contribution >= 4 is 33.2 Å². The summed E-state index contributed by atoms with van der Waals surface area (Å²) in [6, 6.07) is 10.8. The van der Waals surface area contributed by atoms with Gasteiger partial charge >= 0.3 is 0 Å². The van der Waals surface area contributed by atoms with Crippen LogP contribution in [0.3, 0.4) is 0 Å². The first-order valence-corrected chi connectivity index (χ1v) is 7.21. The number of nitrogens with two attached hydrogens (primary N) is 1. The van der Waals surface area contributed by atoms with Gasteiger partial charge in [-0.05, 0) is 42.8 Å². The maximum atomic E-state index is 12.6. The maximum Gasteiger partial charge on any atom is 0.258 e. The van der Waals surface area contributed by atoms with Crippen molar-refractivity contribution in [2.24, 2.45) is 0 Å². The predicted octanol–water partition coefficient (Wildman–Crippen LogP) is 3.62. The molecule has 0 spiro atoms. The Hall–Kier alpha value is -2.01. The van der Waals surface area contributed by atoms with Gasteiger partial charge in [-0.3, -0.25) is 4.79 Å². The van der Waals surface area contributed by atoms with E-state index in [0.717, 1.165) is 10.0 Å². The summed E-state index contributed by atoms with van der Waals surface area (Å²) in [6.07, 6.45) is 0. The van der Waals surface area contributed by atoms with Gasteiger partial charge < -0.3 is 15.4 Å². The van der Waals surface area contributed by atoms with Crippen molar-refractivity contribution in [3.05, 3.63) is 52.0 Å². The first kappa shape index (κ1) is 15.4. The molecular formula is C16H17BrN2O2. The van der Waals surface area contributed by atoms with Crippen molar-refractivity contribution in [2.45, 2.75) is 6.92 Å². The van der Waals surface area contributed by atoms with Crippen LogP contribution in [0.4, 0.5) is 11.4 Å². The van der Waals surface area contributed by atoms with Gasteiger partial charge in [0.25, 0.3) is 5.91 Å². The summed E-state index contributed by atoms with van der Waals surface area (Å²) in [5.74, 6) is 0.556. The van der Waals surface area contributed by atoms with Crippen LogP contribution in [0, 0.1) is 6.92 Å². The molecule has 2 rings (SSSR count). The lowest BCUT2D eigenvalue weighted by Gasteiger charge is -2.20. The molecule has 0 aliphatic carbocycles. The molecule has 110 valence electrons. The molecule has 0 aromatic heterocycles. The smallest absolute Gasteiger partial charge is 0.258 e. The summed E-state index contributed by atoms with van der Waals surface area (Å²) >= 11 is 3.35. The molecule has 4 nitrogen and oxygen atoms in total. The number of nitrogens with zero attached hydrogens (tertiary/aromatic N) is 1. The fraction of sp³-hybridized carbons (Fsp3) is 0.188. The third kappa shape index (κ3) is 3.19. The van der Waals surface area contributed by atoms with Crippen molar-refractivity contribution in [2.75, 3.05) is 24.8 Å². The van der Waals surface area contributed by atoms with Crippen LogP contribution >= 0.6 is 15.9 Å². The number of halogens is 1. The molecule has 0 unspecified atom stereocenters. The van der Waals surface area contributed by atoms with E-state index in [1.54, 1.807) is 32.4 Å². The zero-order chi connectivity index (χ0) is 15.6. The maximum absolute atomic E-state index is 12.6. The Morgan fingerprint density at radius 1 is 1.24 bits per heavy atom. The van der Waals surface area contributed by atoms with E-state index >= 15 is 0 Å². The van der Waals surface area contributed by atoms with Crippen LogP contribution in [0.1, 0.15) is 15.9 Å². The summed E-state index contributed by atoms with van der Waals surface area (Å²) in [5.41, 5.74) is 8.72. The highest BCUT2D eigenvalue weighted by molar-refractivity contribution is 9.10. The minimum atomic E-state index is -0.137. The Bertz CT molecular complexity index is 686. The number of carbonyl (C=O) groups is 1. The number of rotatable bonds is 3. The van der Waals surface area contributed by atoms with Gasteiger partial charge in [0.15, 0.2) is 0 Å². The highest BCUT2D eigenvalue weighted by Gasteiger charge is 2.17. The second-order valence-corrected chi connectivity index (χ2v) is 5.67. The molecule has 0 heterocycles. The van der Waals surface area contributed by atoms with Crippen LogP contribution < -0.4 is 15.4 Å². The van der Waals surface area contributed by atoms with Gasteiger partial charge in [0.05, 0.1) is 18.5 Å². The van der Waals surface area contributed by atoms with Gasteiger partial charge in [0.2, 0.25) is 0 Å². The van der Waals surface area contributed by atoms with Crippen LogP contribution in [0.15, 0.2) is 40.9 Å². The molecule has 0 aliphatic rings. The lowest BCUT2D eigenvalue weighted by atomic mass is 10.1. The largest absolute Gasteiger partial charge is 0.496 e. The monoisotopic (exact) mass is 348 g/mol. The summed E-state index contributed by atoms with van der Waals surface area (Å²) in [6.45, 7) is 1.93. The summed E-state index contributed by atoms with van der Waals surface area (Å²) in [7, 11) is 3.29. The fourth-order valence-electron chi connectivity index (χ4n) is 2.09. The minimum Gasteiger partial charge on any atom is -0.496 e. The molecule has 21 heavy (non-hydrogen) atoms. The van der Waals surface area contributed by atoms with Crippen molar-refractivity contribution in [3.8, 4) is 5.75 Å². The lowest BCUT2D eigenvalue weighted by molar-refractivity contribution is 0.0992. The van der Waals surface area contributed by atoms with Gasteiger partial charge in [-0.2, -0.15) is 0 Å². The van der Waals surface area contributed by atoms with E-state index in [9.17, 15) is 4.79 Å². The Balaban J connectivity index is 2.35. The molecule has 0 atom stereocenters. The van der Waals surface area contributed by atoms with Crippen LogP contribution in [0.5, 0.6) is 5.75 Å². The SMILES string of the molecule is COc1cc(C(=O)N(C)c2ccc(Br)cc2N)ccc1C. The zero-order valence-corrected chi connectivity index (χ0v) is 13.8. The second-order valence-electron chi connectivity index (χ2n) is 4.75. The minimum absolute atomic E-state index is 0.137. The Labute approximate surface area is 132 Å². The number of methoxy groups -OCH3 is 1. The van der Waals surface area contributed by atoms with Gasteiger partial charge in [-0.25, -0.2) is 0 Å². The van der Waals surface area contributed by atoms with Crippen molar-refractivity contribution in [1.82, 2.24) is 0 Å². The number of hydrogen-bond acceptors (Lipinski definition) is 3. The average molecular weight is 349 g/mol. The number of anilines is 2. The van der Waals surface area contributed by atoms with E-state index in [4.69, 9.17) is 10.5 Å². The van der Waals surface area contributed by atoms with Crippen molar-refractivity contribution < 1.29 is 9.53 Å². The number of hydrogen-bond donors (Lipinski definition) is 1. The number of nitrogen functional groups attached to an aromatic ring is 1. The van der Waals surface area contributed by atoms with E-state index in [1.165, 1.54) is 4.90 Å². The van der Waals surface area contributed by atoms with Crippen LogP contribution in [-0.4, -0.2) is 20.1 Å². The Kier molecular flexibility index (Phi) is 4.53. The standard InChI is InChI=1S/C16H17BrN2O2/c1-10-4-5-11(8-15(10)21-3)16(20)19(2)14-7-6-12(17)9-13(14)18/h4-9H,18H2,1-3H3. The van der Waals surface area contributed by atoms with Gasteiger partial charge in [-0.1, -0.05) is 22.0 Å². The van der Waals surface area contributed by atoms with Crippen LogP contribution in [-0.2, 0) is 0 Å². The first-order chi connectivity index (χ1) is 9.93. The highest BCUT2D eigenvalue weighted by atomic mass is 79.9. The zero-order valence-electron chi connectivity index (χ0n) is 12.2. The molecule has 0 fully saturated rings. The Morgan fingerprint density at radius 2 is 1.95 bits per heavy atom. The molecule has 2 aromatic carbocycles. The van der Waals surface area contributed by atoms with Crippen LogP contribution in [0.25, 0.3) is 0 Å². The number of amides is 1. The number of carbonyl (C=O) groups excluding carboxylic acids is 1.